The number of carbonyl (C=O) groups excluding carboxylic acids is 2. The Labute approximate surface area is 305 Å². The summed E-state index contributed by atoms with van der Waals surface area (Å²) in [4.78, 5) is 32.8. The third kappa shape index (κ3) is 6.45. The number of rotatable bonds is 11. The monoisotopic (exact) mass is 711 g/mol. The van der Waals surface area contributed by atoms with Gasteiger partial charge in [-0.2, -0.15) is 5.26 Å². The fourth-order valence-electron chi connectivity index (χ4n) is 6.56. The number of hydrogen-bond acceptors (Lipinski definition) is 7. The van der Waals surface area contributed by atoms with Crippen LogP contribution in [-0.2, 0) is 9.59 Å². The van der Waals surface area contributed by atoms with Crippen LogP contribution in [0.5, 0.6) is 0 Å². The SMILES string of the molecule is CCCCC(CC)CN1C(=O)C(C#N)=C(C)/C(=C/c2cc3sc4cc(-c5ccc(N(c6ccccc6)c6ccccc6)cc5)sc4c3s2)C1=O. The van der Waals surface area contributed by atoms with Crippen molar-refractivity contribution in [2.24, 2.45) is 5.92 Å². The van der Waals surface area contributed by atoms with E-state index in [2.05, 4.69) is 110 Å². The van der Waals surface area contributed by atoms with Gasteiger partial charge >= 0.3 is 0 Å². The van der Waals surface area contributed by atoms with E-state index in [9.17, 15) is 14.9 Å². The molecule has 0 fully saturated rings. The molecule has 4 heterocycles. The lowest BCUT2D eigenvalue weighted by Crippen LogP contribution is -2.45. The highest BCUT2D eigenvalue weighted by Crippen LogP contribution is 2.47. The van der Waals surface area contributed by atoms with Crippen molar-refractivity contribution < 1.29 is 9.59 Å². The average molecular weight is 712 g/mol. The molecule has 1 aliphatic rings. The molecule has 3 aromatic carbocycles. The molecule has 1 atom stereocenters. The minimum Gasteiger partial charge on any atom is -0.311 e. The topological polar surface area (TPSA) is 64.4 Å². The molecule has 0 bridgehead atoms. The van der Waals surface area contributed by atoms with Gasteiger partial charge in [-0.05, 0) is 85.0 Å². The number of carbonyl (C=O) groups is 2. The van der Waals surface area contributed by atoms with E-state index in [0.717, 1.165) is 47.6 Å². The normalized spacial score (nSPS) is 15.0. The van der Waals surface area contributed by atoms with Gasteiger partial charge in [-0.1, -0.05) is 81.6 Å². The van der Waals surface area contributed by atoms with Crippen molar-refractivity contribution in [3.8, 4) is 16.5 Å². The van der Waals surface area contributed by atoms with Gasteiger partial charge in [-0.15, -0.1) is 34.0 Å². The molecule has 7 rings (SSSR count). The summed E-state index contributed by atoms with van der Waals surface area (Å²) in [6.45, 7) is 6.30. The number of nitrogens with zero attached hydrogens (tertiary/aromatic N) is 3. The molecular formula is C42H37N3O2S3. The molecule has 250 valence electrons. The Kier molecular flexibility index (Phi) is 9.82. The molecule has 8 heteroatoms. The second kappa shape index (κ2) is 14.6. The zero-order valence-electron chi connectivity index (χ0n) is 28.3. The van der Waals surface area contributed by atoms with Crippen LogP contribution >= 0.6 is 34.0 Å². The maximum atomic E-state index is 13.8. The van der Waals surface area contributed by atoms with Gasteiger partial charge in [0.1, 0.15) is 11.6 Å². The maximum Gasteiger partial charge on any atom is 0.271 e. The average Bonchev–Trinajstić information content (AvgIpc) is 3.82. The smallest absolute Gasteiger partial charge is 0.271 e. The van der Waals surface area contributed by atoms with E-state index in [1.165, 1.54) is 34.1 Å². The molecule has 0 spiro atoms. The van der Waals surface area contributed by atoms with Crippen molar-refractivity contribution in [2.75, 3.05) is 11.4 Å². The minimum absolute atomic E-state index is 0.0616. The Hall–Kier alpha value is -4.81. The Morgan fingerprint density at radius 2 is 1.42 bits per heavy atom. The molecule has 1 unspecified atom stereocenters. The lowest BCUT2D eigenvalue weighted by molar-refractivity contribution is -0.141. The summed E-state index contributed by atoms with van der Waals surface area (Å²) in [5, 5.41) is 9.90. The minimum atomic E-state index is -0.469. The summed E-state index contributed by atoms with van der Waals surface area (Å²) in [5.41, 5.74) is 5.43. The van der Waals surface area contributed by atoms with Crippen molar-refractivity contribution in [2.45, 2.75) is 46.5 Å². The van der Waals surface area contributed by atoms with Gasteiger partial charge < -0.3 is 4.90 Å². The summed E-state index contributed by atoms with van der Waals surface area (Å²) >= 11 is 5.21. The number of para-hydroxylation sites is 2. The molecule has 5 nitrogen and oxygen atoms in total. The highest BCUT2D eigenvalue weighted by molar-refractivity contribution is 7.39. The number of amides is 2. The van der Waals surface area contributed by atoms with Crippen LogP contribution in [0.4, 0.5) is 17.1 Å². The van der Waals surface area contributed by atoms with Crippen LogP contribution in [0.2, 0.25) is 0 Å². The van der Waals surface area contributed by atoms with E-state index < -0.39 is 5.91 Å². The number of benzene rings is 3. The highest BCUT2D eigenvalue weighted by Gasteiger charge is 2.36. The number of fused-ring (bicyclic) bond motifs is 3. The first-order valence-electron chi connectivity index (χ1n) is 17.1. The lowest BCUT2D eigenvalue weighted by Gasteiger charge is -2.30. The van der Waals surface area contributed by atoms with E-state index in [-0.39, 0.29) is 17.4 Å². The van der Waals surface area contributed by atoms with E-state index in [1.807, 2.05) is 18.2 Å². The molecular weight excluding hydrogens is 675 g/mol. The molecule has 0 N–H and O–H groups in total. The molecule has 6 aromatic rings. The van der Waals surface area contributed by atoms with Crippen molar-refractivity contribution in [3.63, 3.8) is 0 Å². The Balaban J connectivity index is 1.18. The van der Waals surface area contributed by atoms with Gasteiger partial charge in [0.15, 0.2) is 0 Å². The predicted molar refractivity (Wildman–Crippen MR) is 212 cm³/mol. The summed E-state index contributed by atoms with van der Waals surface area (Å²) in [5.74, 6) is -0.551. The van der Waals surface area contributed by atoms with E-state index in [0.29, 0.717) is 17.7 Å². The van der Waals surface area contributed by atoms with Gasteiger partial charge in [0.05, 0.1) is 9.40 Å². The number of unbranched alkanes of at least 4 members (excludes halogenated alkanes) is 1. The molecule has 0 radical (unpaired) electrons. The summed E-state index contributed by atoms with van der Waals surface area (Å²) in [6, 6.07) is 36.1. The van der Waals surface area contributed by atoms with Crippen molar-refractivity contribution in [1.29, 1.82) is 5.26 Å². The highest BCUT2D eigenvalue weighted by atomic mass is 32.1. The third-order valence-electron chi connectivity index (χ3n) is 9.38. The van der Waals surface area contributed by atoms with Crippen molar-refractivity contribution in [1.82, 2.24) is 4.90 Å². The van der Waals surface area contributed by atoms with Crippen LogP contribution in [0.1, 0.15) is 51.3 Å². The second-order valence-electron chi connectivity index (χ2n) is 12.6. The predicted octanol–water partition coefficient (Wildman–Crippen LogP) is 12.1. The fraction of sp³-hybridized carbons (Fsp3) is 0.214. The first-order valence-corrected chi connectivity index (χ1v) is 19.5. The van der Waals surface area contributed by atoms with Crippen molar-refractivity contribution in [3.05, 3.63) is 119 Å². The Bertz CT molecular complexity index is 2250. The van der Waals surface area contributed by atoms with E-state index in [4.69, 9.17) is 0 Å². The van der Waals surface area contributed by atoms with Gasteiger partial charge in [0, 0.05) is 48.3 Å². The van der Waals surface area contributed by atoms with Crippen LogP contribution in [0.15, 0.2) is 114 Å². The molecule has 50 heavy (non-hydrogen) atoms. The fourth-order valence-corrected chi connectivity index (χ4v) is 10.5. The summed E-state index contributed by atoms with van der Waals surface area (Å²) < 4.78 is 4.87. The number of nitriles is 1. The molecule has 0 saturated heterocycles. The number of imide groups is 1. The van der Waals surface area contributed by atoms with Crippen LogP contribution in [0.25, 0.3) is 35.3 Å². The van der Waals surface area contributed by atoms with Crippen LogP contribution < -0.4 is 4.90 Å². The number of hydrogen-bond donors (Lipinski definition) is 0. The zero-order valence-corrected chi connectivity index (χ0v) is 30.8. The summed E-state index contributed by atoms with van der Waals surface area (Å²) in [7, 11) is 0. The second-order valence-corrected chi connectivity index (χ2v) is 15.8. The van der Waals surface area contributed by atoms with Crippen LogP contribution in [0.3, 0.4) is 0 Å². The molecule has 0 aliphatic carbocycles. The largest absolute Gasteiger partial charge is 0.311 e. The molecule has 3 aromatic heterocycles. The molecule has 0 saturated carbocycles. The Morgan fingerprint density at radius 3 is 2.04 bits per heavy atom. The standard InChI is InChI=1S/C42H37N3O2S3/c1-4-6-13-28(5-2)26-44-41(46)34(27(3)35(25-43)42(44)47)22-33-23-37-39(48-33)40-38(49-37)24-36(50-40)29-18-20-32(21-19-29)45(30-14-9-7-10-15-30)31-16-11-8-12-17-31/h7-12,14-24,28H,4-6,13,26H2,1-3H3/b34-22-. The quantitative estimate of drug-likeness (QED) is 0.0991. The van der Waals surface area contributed by atoms with Crippen molar-refractivity contribution >= 4 is 87.8 Å². The van der Waals surface area contributed by atoms with Gasteiger partial charge in [-0.3, -0.25) is 14.5 Å². The van der Waals surface area contributed by atoms with Crippen LogP contribution in [-0.4, -0.2) is 23.3 Å². The van der Waals surface area contributed by atoms with Gasteiger partial charge in [0.2, 0.25) is 0 Å². The first-order chi connectivity index (χ1) is 24.4. The first kappa shape index (κ1) is 33.7. The lowest BCUT2D eigenvalue weighted by atomic mass is 9.92. The number of anilines is 3. The van der Waals surface area contributed by atoms with Gasteiger partial charge in [-0.25, -0.2) is 0 Å². The Morgan fingerprint density at radius 1 is 0.800 bits per heavy atom. The third-order valence-corrected chi connectivity index (χ3v) is 13.1. The summed E-state index contributed by atoms with van der Waals surface area (Å²) in [6.07, 6.45) is 5.83. The van der Waals surface area contributed by atoms with E-state index in [1.54, 1.807) is 40.9 Å². The van der Waals surface area contributed by atoms with Gasteiger partial charge in [0.25, 0.3) is 11.8 Å². The zero-order chi connectivity index (χ0) is 34.8. The van der Waals surface area contributed by atoms with E-state index >= 15 is 0 Å². The number of thiophene rings is 3. The molecule has 2 amide bonds. The maximum absolute atomic E-state index is 13.8. The van der Waals surface area contributed by atoms with Crippen LogP contribution in [0, 0.1) is 17.2 Å². The molecule has 1 aliphatic heterocycles.